The Balaban J connectivity index is 2.24. The molecule has 0 radical (unpaired) electrons. The predicted molar refractivity (Wildman–Crippen MR) is 54.2 cm³/mol. The molecular weight excluding hydrogens is 197 g/mol. The molecule has 0 aliphatic heterocycles. The molecule has 0 amide bonds. The number of nitrogens with two attached hydrogens (primary N) is 1. The molecule has 0 saturated heterocycles. The van der Waals surface area contributed by atoms with Gasteiger partial charge in [-0.05, 0) is 19.1 Å². The second kappa shape index (κ2) is 3.61. The normalized spacial score (nSPS) is 10.3. The summed E-state index contributed by atoms with van der Waals surface area (Å²) in [6.45, 7) is 1.83. The molecule has 0 aliphatic rings. The summed E-state index contributed by atoms with van der Waals surface area (Å²) in [5.74, 6) is -0.0671. The number of hydrogen-bond donors (Lipinski definition) is 2. The van der Waals surface area contributed by atoms with E-state index in [0.717, 1.165) is 5.69 Å². The highest BCUT2D eigenvalue weighted by atomic mass is 19.1. The van der Waals surface area contributed by atoms with Crippen molar-refractivity contribution in [1.82, 2.24) is 10.2 Å². The van der Waals surface area contributed by atoms with Crippen LogP contribution in [0, 0.1) is 12.7 Å². The number of benzene rings is 1. The Kier molecular flexibility index (Phi) is 2.29. The summed E-state index contributed by atoms with van der Waals surface area (Å²) < 4.78 is 18.5. The van der Waals surface area contributed by atoms with Gasteiger partial charge >= 0.3 is 0 Å². The summed E-state index contributed by atoms with van der Waals surface area (Å²) in [5.41, 5.74) is 6.61. The van der Waals surface area contributed by atoms with Crippen LogP contribution in [0.1, 0.15) is 5.69 Å². The summed E-state index contributed by atoms with van der Waals surface area (Å²) in [5, 5.41) is 6.53. The molecule has 0 aliphatic carbocycles. The van der Waals surface area contributed by atoms with E-state index in [4.69, 9.17) is 10.5 Å². The van der Waals surface area contributed by atoms with Gasteiger partial charge in [-0.1, -0.05) is 0 Å². The number of anilines is 1. The highest BCUT2D eigenvalue weighted by Crippen LogP contribution is 2.24. The zero-order valence-corrected chi connectivity index (χ0v) is 8.12. The second-order valence-electron chi connectivity index (χ2n) is 3.18. The molecule has 1 aromatic carbocycles. The number of nitrogens with zero attached hydrogens (tertiary/aromatic N) is 1. The first kappa shape index (κ1) is 9.51. The van der Waals surface area contributed by atoms with Crippen molar-refractivity contribution in [2.24, 2.45) is 0 Å². The van der Waals surface area contributed by atoms with E-state index >= 15 is 0 Å². The number of aryl methyl sites for hydroxylation is 1. The molecule has 4 nitrogen and oxygen atoms in total. The Labute approximate surface area is 85.9 Å². The van der Waals surface area contributed by atoms with Crippen molar-refractivity contribution in [2.45, 2.75) is 6.92 Å². The van der Waals surface area contributed by atoms with Gasteiger partial charge < -0.3 is 10.5 Å². The summed E-state index contributed by atoms with van der Waals surface area (Å²) >= 11 is 0. The Morgan fingerprint density at radius 2 is 2.20 bits per heavy atom. The molecule has 1 aromatic heterocycles. The van der Waals surface area contributed by atoms with Crippen LogP contribution >= 0.6 is 0 Å². The molecule has 0 bridgehead atoms. The van der Waals surface area contributed by atoms with Crippen LogP contribution < -0.4 is 10.5 Å². The van der Waals surface area contributed by atoms with Crippen LogP contribution in [-0.4, -0.2) is 10.2 Å². The molecule has 2 aromatic rings. The van der Waals surface area contributed by atoms with Crippen molar-refractivity contribution < 1.29 is 9.13 Å². The summed E-state index contributed by atoms with van der Waals surface area (Å²) in [6, 6.07) is 5.91. The fourth-order valence-corrected chi connectivity index (χ4v) is 1.16. The average Bonchev–Trinajstić information content (AvgIpc) is 2.56. The maximum Gasteiger partial charge on any atom is 0.238 e. The highest BCUT2D eigenvalue weighted by molar-refractivity contribution is 5.43. The lowest BCUT2D eigenvalue weighted by Gasteiger charge is -2.03. The number of ether oxygens (including phenoxy) is 1. The van der Waals surface area contributed by atoms with Gasteiger partial charge in [-0.25, -0.2) is 4.39 Å². The number of halogens is 1. The Bertz CT molecular complexity index is 481. The number of hydrogen-bond acceptors (Lipinski definition) is 3. The molecular formula is C10H10FN3O. The lowest BCUT2D eigenvalue weighted by molar-refractivity contribution is 0.427. The summed E-state index contributed by atoms with van der Waals surface area (Å²) in [7, 11) is 0. The largest absolute Gasteiger partial charge is 0.434 e. The maximum absolute atomic E-state index is 13.3. The Morgan fingerprint density at radius 3 is 2.80 bits per heavy atom. The molecule has 0 atom stereocenters. The van der Waals surface area contributed by atoms with Gasteiger partial charge in [-0.15, -0.1) is 5.10 Å². The topological polar surface area (TPSA) is 63.9 Å². The highest BCUT2D eigenvalue weighted by Gasteiger charge is 2.06. The SMILES string of the molecule is Cc1cc(Oc2ccc(N)cc2F)n[nH]1. The molecule has 3 N–H and O–H groups in total. The Morgan fingerprint density at radius 1 is 1.40 bits per heavy atom. The second-order valence-corrected chi connectivity index (χ2v) is 3.18. The van der Waals surface area contributed by atoms with E-state index in [9.17, 15) is 4.39 Å². The van der Waals surface area contributed by atoms with Crippen molar-refractivity contribution in [3.05, 3.63) is 35.8 Å². The van der Waals surface area contributed by atoms with E-state index in [0.29, 0.717) is 11.6 Å². The third-order valence-corrected chi connectivity index (χ3v) is 1.85. The smallest absolute Gasteiger partial charge is 0.238 e. The van der Waals surface area contributed by atoms with Gasteiger partial charge in [0.25, 0.3) is 0 Å². The molecule has 5 heteroatoms. The van der Waals surface area contributed by atoms with Crippen molar-refractivity contribution in [3.63, 3.8) is 0 Å². The van der Waals surface area contributed by atoms with E-state index in [1.54, 1.807) is 12.1 Å². The standard InChI is InChI=1S/C10H10FN3O/c1-6-4-10(14-13-6)15-9-3-2-7(12)5-8(9)11/h2-5H,12H2,1H3,(H,13,14). The molecule has 78 valence electrons. The van der Waals surface area contributed by atoms with Crippen LogP contribution in [0.3, 0.4) is 0 Å². The predicted octanol–water partition coefficient (Wildman–Crippen LogP) is 2.23. The molecule has 0 saturated carbocycles. The van der Waals surface area contributed by atoms with Crippen LogP contribution in [-0.2, 0) is 0 Å². The number of nitrogen functional groups attached to an aromatic ring is 1. The number of nitrogens with one attached hydrogen (secondary N) is 1. The molecule has 1 heterocycles. The first-order valence-corrected chi connectivity index (χ1v) is 4.40. The lowest BCUT2D eigenvalue weighted by atomic mass is 10.3. The van der Waals surface area contributed by atoms with Gasteiger partial charge in [0.1, 0.15) is 0 Å². The van der Waals surface area contributed by atoms with Crippen molar-refractivity contribution in [1.29, 1.82) is 0 Å². The molecule has 0 fully saturated rings. The minimum Gasteiger partial charge on any atom is -0.434 e. The van der Waals surface area contributed by atoms with E-state index < -0.39 is 5.82 Å². The third kappa shape index (κ3) is 2.07. The average molecular weight is 207 g/mol. The van der Waals surface area contributed by atoms with E-state index in [2.05, 4.69) is 10.2 Å². The number of aromatic amines is 1. The van der Waals surface area contributed by atoms with Gasteiger partial charge in [0.05, 0.1) is 0 Å². The first-order chi connectivity index (χ1) is 7.15. The number of aromatic nitrogens is 2. The van der Waals surface area contributed by atoms with Crippen LogP contribution in [0.5, 0.6) is 11.6 Å². The van der Waals surface area contributed by atoms with Crippen LogP contribution in [0.15, 0.2) is 24.3 Å². The van der Waals surface area contributed by atoms with Gasteiger partial charge in [-0.3, -0.25) is 5.10 Å². The van der Waals surface area contributed by atoms with Crippen LogP contribution in [0.2, 0.25) is 0 Å². The third-order valence-electron chi connectivity index (χ3n) is 1.85. The van der Waals surface area contributed by atoms with Gasteiger partial charge in [0.2, 0.25) is 5.88 Å². The minimum atomic E-state index is -0.504. The molecule has 2 rings (SSSR count). The van der Waals surface area contributed by atoms with Crippen molar-refractivity contribution in [3.8, 4) is 11.6 Å². The Hall–Kier alpha value is -2.04. The fourth-order valence-electron chi connectivity index (χ4n) is 1.16. The quantitative estimate of drug-likeness (QED) is 0.742. The molecule has 0 spiro atoms. The van der Waals surface area contributed by atoms with E-state index in [1.165, 1.54) is 12.1 Å². The van der Waals surface area contributed by atoms with Crippen LogP contribution in [0.4, 0.5) is 10.1 Å². The maximum atomic E-state index is 13.3. The van der Waals surface area contributed by atoms with E-state index in [1.807, 2.05) is 6.92 Å². The first-order valence-electron chi connectivity index (χ1n) is 4.40. The summed E-state index contributed by atoms with van der Waals surface area (Å²) in [4.78, 5) is 0. The van der Waals surface area contributed by atoms with Gasteiger partial charge in [-0.2, -0.15) is 0 Å². The van der Waals surface area contributed by atoms with E-state index in [-0.39, 0.29) is 5.75 Å². The molecule has 15 heavy (non-hydrogen) atoms. The number of H-pyrrole nitrogens is 1. The molecule has 0 unspecified atom stereocenters. The zero-order chi connectivity index (χ0) is 10.8. The van der Waals surface area contributed by atoms with Gasteiger partial charge in [0.15, 0.2) is 11.6 Å². The zero-order valence-electron chi connectivity index (χ0n) is 8.12. The summed E-state index contributed by atoms with van der Waals surface area (Å²) in [6.07, 6.45) is 0. The minimum absolute atomic E-state index is 0.107. The van der Waals surface area contributed by atoms with Crippen LogP contribution in [0.25, 0.3) is 0 Å². The van der Waals surface area contributed by atoms with Crippen molar-refractivity contribution in [2.75, 3.05) is 5.73 Å². The fraction of sp³-hybridized carbons (Fsp3) is 0.100. The van der Waals surface area contributed by atoms with Gasteiger partial charge in [0, 0.05) is 23.5 Å². The lowest BCUT2D eigenvalue weighted by Crippen LogP contribution is -1.91. The number of rotatable bonds is 2. The van der Waals surface area contributed by atoms with Crippen molar-refractivity contribution >= 4 is 5.69 Å². The monoisotopic (exact) mass is 207 g/mol.